The maximum atomic E-state index is 12.2. The molecule has 0 spiro atoms. The second-order valence-electron chi connectivity index (χ2n) is 14.5. The average Bonchev–Trinajstić information content (AvgIpc) is 3.71. The average molecular weight is 841 g/mol. The predicted octanol–water partition coefficient (Wildman–Crippen LogP) is 12.2. The van der Waals surface area contributed by atoms with Gasteiger partial charge in [-0.1, -0.05) is 97.5 Å². The number of allylic oxidation sites excluding steroid dienone is 2. The molecule has 0 aliphatic carbocycles. The Morgan fingerprint density at radius 1 is 0.917 bits per heavy atom. The van der Waals surface area contributed by atoms with E-state index in [0.29, 0.717) is 0 Å². The molecule has 3 heterocycles. The summed E-state index contributed by atoms with van der Waals surface area (Å²) in [6, 6.07) is 20.8. The SMILES string of the molecule is CC(C)(C)c1cc(-c2nccc3oc4ccc5c(c4c23)SCC5)[c-]c2ccccc12.CCC(C)(CC)C(=O)/C=C(\O)C(C)(CC)CC.[Ir]. The largest absolute Gasteiger partial charge is 0.512 e. The van der Waals surface area contributed by atoms with Crippen LogP contribution in [0.4, 0.5) is 0 Å². The smallest absolute Gasteiger partial charge is 0.164 e. The topological polar surface area (TPSA) is 63.3 Å². The number of rotatable bonds is 8. The van der Waals surface area contributed by atoms with Gasteiger partial charge in [0.25, 0.3) is 0 Å². The van der Waals surface area contributed by atoms with Crippen LogP contribution in [0, 0.1) is 16.9 Å². The monoisotopic (exact) mass is 841 g/mol. The molecule has 0 saturated heterocycles. The molecule has 4 nitrogen and oxygen atoms in total. The Kier molecular flexibility index (Phi) is 11.8. The van der Waals surface area contributed by atoms with Gasteiger partial charge in [-0.2, -0.15) is 0 Å². The quantitative estimate of drug-likeness (QED) is 0.0958. The predicted molar refractivity (Wildman–Crippen MR) is 200 cm³/mol. The molecular formula is C42H50IrNO3S-. The third kappa shape index (κ3) is 7.18. The molecule has 0 saturated carbocycles. The number of benzene rings is 3. The number of aliphatic hydroxyl groups is 1. The van der Waals surface area contributed by atoms with Gasteiger partial charge in [-0.3, -0.25) is 9.78 Å². The first-order valence-corrected chi connectivity index (χ1v) is 18.2. The number of fused-ring (bicyclic) bond motifs is 6. The Morgan fingerprint density at radius 3 is 2.21 bits per heavy atom. The van der Waals surface area contributed by atoms with E-state index in [-0.39, 0.29) is 47.9 Å². The van der Waals surface area contributed by atoms with E-state index in [4.69, 9.17) is 9.40 Å². The van der Waals surface area contributed by atoms with Gasteiger partial charge in [-0.25, -0.2) is 0 Å². The van der Waals surface area contributed by atoms with Crippen LogP contribution < -0.4 is 0 Å². The molecule has 48 heavy (non-hydrogen) atoms. The van der Waals surface area contributed by atoms with E-state index < -0.39 is 0 Å². The molecule has 0 amide bonds. The van der Waals surface area contributed by atoms with Crippen LogP contribution in [-0.4, -0.2) is 21.6 Å². The first kappa shape index (κ1) is 37.9. The molecule has 0 fully saturated rings. The Hall–Kier alpha value is -2.92. The van der Waals surface area contributed by atoms with Crippen LogP contribution in [0.3, 0.4) is 0 Å². The minimum Gasteiger partial charge on any atom is -0.512 e. The van der Waals surface area contributed by atoms with Crippen LogP contribution in [0.2, 0.25) is 0 Å². The number of aromatic nitrogens is 1. The molecule has 6 rings (SSSR count). The third-order valence-corrected chi connectivity index (χ3v) is 11.8. The van der Waals surface area contributed by atoms with Crippen molar-refractivity contribution in [2.45, 2.75) is 105 Å². The normalized spacial score (nSPS) is 13.7. The number of pyridine rings is 1. The molecule has 257 valence electrons. The summed E-state index contributed by atoms with van der Waals surface area (Å²) in [4.78, 5) is 18.4. The van der Waals surface area contributed by atoms with Crippen molar-refractivity contribution in [1.29, 1.82) is 0 Å². The van der Waals surface area contributed by atoms with Crippen LogP contribution in [0.1, 0.15) is 99.1 Å². The van der Waals surface area contributed by atoms with Crippen molar-refractivity contribution < 1.29 is 34.4 Å². The van der Waals surface area contributed by atoms with Crippen LogP contribution in [0.15, 0.2) is 75.9 Å². The van der Waals surface area contributed by atoms with E-state index in [1.807, 2.05) is 65.6 Å². The molecule has 1 aliphatic rings. The summed E-state index contributed by atoms with van der Waals surface area (Å²) in [6.07, 6.45) is 7.73. The first-order chi connectivity index (χ1) is 22.3. The maximum absolute atomic E-state index is 12.2. The number of hydrogen-bond donors (Lipinski definition) is 1. The molecule has 2 aromatic heterocycles. The molecule has 0 bridgehead atoms. The summed E-state index contributed by atoms with van der Waals surface area (Å²) < 4.78 is 6.26. The summed E-state index contributed by atoms with van der Waals surface area (Å²) in [5.41, 5.74) is 6.00. The van der Waals surface area contributed by atoms with Crippen LogP contribution in [-0.2, 0) is 36.7 Å². The van der Waals surface area contributed by atoms with Crippen molar-refractivity contribution in [3.8, 4) is 11.3 Å². The summed E-state index contributed by atoms with van der Waals surface area (Å²) in [7, 11) is 0. The van der Waals surface area contributed by atoms with Gasteiger partial charge in [-0.05, 0) is 55.2 Å². The minimum absolute atomic E-state index is 0. The van der Waals surface area contributed by atoms with Gasteiger partial charge >= 0.3 is 0 Å². The van der Waals surface area contributed by atoms with E-state index in [1.54, 1.807) is 0 Å². The van der Waals surface area contributed by atoms with Gasteiger partial charge in [-0.15, -0.1) is 40.9 Å². The van der Waals surface area contributed by atoms with Crippen LogP contribution in [0.25, 0.3) is 44.0 Å². The fourth-order valence-electron chi connectivity index (χ4n) is 6.31. The third-order valence-electron chi connectivity index (χ3n) is 10.6. The van der Waals surface area contributed by atoms with Gasteiger partial charge in [0, 0.05) is 70.3 Å². The molecule has 3 aromatic carbocycles. The molecule has 1 radical (unpaired) electrons. The number of carbonyl (C=O) groups excluding carboxylic acids is 1. The number of aliphatic hydroxyl groups excluding tert-OH is 1. The Bertz CT molecular complexity index is 1960. The van der Waals surface area contributed by atoms with Crippen molar-refractivity contribution >= 4 is 50.3 Å². The molecule has 5 aromatic rings. The number of hydrogen-bond acceptors (Lipinski definition) is 5. The number of nitrogens with zero attached hydrogens (tertiary/aromatic N) is 1. The van der Waals surface area contributed by atoms with E-state index in [1.165, 1.54) is 32.9 Å². The number of aryl methyl sites for hydroxylation is 1. The van der Waals surface area contributed by atoms with Crippen molar-refractivity contribution in [2.24, 2.45) is 10.8 Å². The number of ketones is 1. The van der Waals surface area contributed by atoms with Crippen molar-refractivity contribution in [3.63, 3.8) is 0 Å². The summed E-state index contributed by atoms with van der Waals surface area (Å²) in [5, 5.41) is 14.9. The van der Waals surface area contributed by atoms with Gasteiger partial charge < -0.3 is 9.52 Å². The zero-order valence-electron chi connectivity index (χ0n) is 30.0. The fourth-order valence-corrected chi connectivity index (χ4v) is 7.54. The van der Waals surface area contributed by atoms with E-state index in [0.717, 1.165) is 71.1 Å². The number of furan rings is 1. The maximum Gasteiger partial charge on any atom is 0.164 e. The van der Waals surface area contributed by atoms with Crippen molar-refractivity contribution in [2.75, 3.05) is 5.75 Å². The van der Waals surface area contributed by atoms with Crippen molar-refractivity contribution in [3.05, 3.63) is 83.8 Å². The zero-order chi connectivity index (χ0) is 34.1. The molecule has 6 heteroatoms. The van der Waals surface area contributed by atoms with Crippen LogP contribution >= 0.6 is 11.8 Å². The standard InChI is InChI=1S/C27H22NOS.C15H28O2.Ir/c1-27(2,3)20-15-18(14-17-6-4-5-7-19(17)20)25-23-22(10-12-28-25)29-21-9-8-16-11-13-30-26(16)24(21)23;1-7-14(5,8-2)12(16)11-13(17)15(6,9-3)10-4;/h4-10,12,15H,11,13H2,1-3H3;11,16H,7-10H2,1-6H3;/q-1;;/b;12-11-;. The second-order valence-corrected chi connectivity index (χ2v) is 15.6. The molecule has 0 atom stereocenters. The van der Waals surface area contributed by atoms with Crippen LogP contribution in [0.5, 0.6) is 0 Å². The Balaban J connectivity index is 0.000000251. The van der Waals surface area contributed by atoms with E-state index >= 15 is 0 Å². The van der Waals surface area contributed by atoms with Gasteiger partial charge in [0.1, 0.15) is 16.9 Å². The van der Waals surface area contributed by atoms with Gasteiger partial charge in [0.15, 0.2) is 5.78 Å². The summed E-state index contributed by atoms with van der Waals surface area (Å²) in [5.74, 6) is 1.42. The molecule has 1 aliphatic heterocycles. The van der Waals surface area contributed by atoms with Gasteiger partial charge in [0.2, 0.25) is 0 Å². The summed E-state index contributed by atoms with van der Waals surface area (Å²) >= 11 is 1.93. The molecule has 0 unspecified atom stereocenters. The van der Waals surface area contributed by atoms with Gasteiger partial charge in [0.05, 0.1) is 0 Å². The molecular weight excluding hydrogens is 791 g/mol. The van der Waals surface area contributed by atoms with E-state index in [2.05, 4.69) is 69.3 Å². The van der Waals surface area contributed by atoms with Crippen molar-refractivity contribution in [1.82, 2.24) is 4.98 Å². The Morgan fingerprint density at radius 2 is 1.56 bits per heavy atom. The zero-order valence-corrected chi connectivity index (χ0v) is 33.2. The Labute approximate surface area is 304 Å². The number of carbonyl (C=O) groups is 1. The summed E-state index contributed by atoms with van der Waals surface area (Å²) in [6.45, 7) is 18.9. The molecule has 1 N–H and O–H groups in total. The number of thioether (sulfide) groups is 1. The first-order valence-electron chi connectivity index (χ1n) is 17.2. The fraction of sp³-hybridized carbons (Fsp3) is 0.429. The minimum atomic E-state index is -0.337. The van der Waals surface area contributed by atoms with E-state index in [9.17, 15) is 9.90 Å². The second kappa shape index (κ2) is 14.9.